The molecule has 0 aliphatic carbocycles. The van der Waals surface area contributed by atoms with E-state index in [-0.39, 0.29) is 15.6 Å². The van der Waals surface area contributed by atoms with Crippen LogP contribution in [-0.2, 0) is 10.0 Å². The van der Waals surface area contributed by atoms with Crippen LogP contribution in [0.2, 0.25) is 10.0 Å². The van der Waals surface area contributed by atoms with Crippen molar-refractivity contribution in [3.63, 3.8) is 0 Å². The Bertz CT molecular complexity index is 1170. The van der Waals surface area contributed by atoms with E-state index >= 15 is 0 Å². The number of rotatable bonds is 5. The van der Waals surface area contributed by atoms with E-state index in [1.54, 1.807) is 36.4 Å². The van der Waals surface area contributed by atoms with Crippen LogP contribution in [0, 0.1) is 0 Å². The third-order valence-electron chi connectivity index (χ3n) is 3.81. The molecule has 0 aromatic heterocycles. The first-order valence-corrected chi connectivity index (χ1v) is 11.1. The third-order valence-corrected chi connectivity index (χ3v) is 5.79. The maximum absolute atomic E-state index is 12.4. The summed E-state index contributed by atoms with van der Waals surface area (Å²) in [5, 5.41) is 7.05. The number of halogens is 2. The first-order chi connectivity index (χ1) is 14.2. The molecule has 154 valence electrons. The number of nitrogens with one attached hydrogen (secondary N) is 3. The highest BCUT2D eigenvalue weighted by molar-refractivity contribution is 7.90. The molecule has 0 radical (unpaired) electrons. The van der Waals surface area contributed by atoms with Gasteiger partial charge in [-0.2, -0.15) is 0 Å². The lowest BCUT2D eigenvalue weighted by atomic mass is 10.2. The molecule has 0 aliphatic heterocycles. The van der Waals surface area contributed by atoms with Crippen molar-refractivity contribution < 1.29 is 13.2 Å². The molecule has 0 atom stereocenters. The summed E-state index contributed by atoms with van der Waals surface area (Å²) < 4.78 is 26.9. The summed E-state index contributed by atoms with van der Waals surface area (Å²) in [6.07, 6.45) is 0. The highest BCUT2D eigenvalue weighted by atomic mass is 35.5. The van der Waals surface area contributed by atoms with Crippen LogP contribution in [0.4, 0.5) is 11.4 Å². The minimum Gasteiger partial charge on any atom is -0.332 e. The Hall–Kier alpha value is -2.65. The molecular formula is C20H15Cl2N3O3S2. The van der Waals surface area contributed by atoms with E-state index in [1.165, 1.54) is 36.4 Å². The molecule has 3 aromatic carbocycles. The number of amides is 1. The Morgan fingerprint density at radius 1 is 0.800 bits per heavy atom. The van der Waals surface area contributed by atoms with Gasteiger partial charge in [0.05, 0.1) is 4.90 Å². The van der Waals surface area contributed by atoms with Gasteiger partial charge >= 0.3 is 0 Å². The minimum atomic E-state index is -4.02. The van der Waals surface area contributed by atoms with Crippen LogP contribution < -0.4 is 15.4 Å². The lowest BCUT2D eigenvalue weighted by Gasteiger charge is -2.12. The van der Waals surface area contributed by atoms with Crippen molar-refractivity contribution in [3.05, 3.63) is 88.4 Å². The molecule has 10 heteroatoms. The molecule has 0 unspecified atom stereocenters. The molecule has 0 bridgehead atoms. The molecule has 0 saturated heterocycles. The third kappa shape index (κ3) is 5.93. The zero-order chi connectivity index (χ0) is 21.7. The molecule has 30 heavy (non-hydrogen) atoms. The lowest BCUT2D eigenvalue weighted by molar-refractivity contribution is 0.0981. The van der Waals surface area contributed by atoms with Gasteiger partial charge in [-0.1, -0.05) is 41.4 Å². The van der Waals surface area contributed by atoms with Crippen molar-refractivity contribution in [2.75, 3.05) is 10.6 Å². The molecule has 0 saturated carbocycles. The topological polar surface area (TPSA) is 87.3 Å². The number of carbonyl (C=O) groups is 1. The predicted octanol–water partition coefficient (Wildman–Crippen LogP) is 4.92. The summed E-state index contributed by atoms with van der Waals surface area (Å²) in [5.41, 5.74) is 1.40. The van der Waals surface area contributed by atoms with Gasteiger partial charge in [0, 0.05) is 27.0 Å². The smallest absolute Gasteiger partial charge is 0.264 e. The Kier molecular flexibility index (Phi) is 6.94. The van der Waals surface area contributed by atoms with Gasteiger partial charge in [0.25, 0.3) is 15.9 Å². The molecule has 0 spiro atoms. The van der Waals surface area contributed by atoms with E-state index in [4.69, 9.17) is 35.4 Å². The summed E-state index contributed by atoms with van der Waals surface area (Å²) >= 11 is 17.1. The monoisotopic (exact) mass is 479 g/mol. The van der Waals surface area contributed by atoms with Gasteiger partial charge in [-0.3, -0.25) is 4.79 Å². The van der Waals surface area contributed by atoms with E-state index in [1.807, 2.05) is 4.72 Å². The number of sulfonamides is 1. The molecular weight excluding hydrogens is 465 g/mol. The molecule has 0 heterocycles. The van der Waals surface area contributed by atoms with Crippen molar-refractivity contribution in [1.29, 1.82) is 0 Å². The number of hydrogen-bond donors (Lipinski definition) is 3. The van der Waals surface area contributed by atoms with E-state index in [2.05, 4.69) is 10.6 Å². The van der Waals surface area contributed by atoms with Crippen LogP contribution in [0.25, 0.3) is 0 Å². The molecule has 3 rings (SSSR count). The highest BCUT2D eigenvalue weighted by Gasteiger charge is 2.18. The number of hydrogen-bond acceptors (Lipinski definition) is 4. The van der Waals surface area contributed by atoms with Crippen LogP contribution in [0.1, 0.15) is 10.4 Å². The number of anilines is 2. The summed E-state index contributed by atoms with van der Waals surface area (Å²) in [4.78, 5) is 12.1. The average Bonchev–Trinajstić information content (AvgIpc) is 2.68. The van der Waals surface area contributed by atoms with Crippen LogP contribution in [0.3, 0.4) is 0 Å². The van der Waals surface area contributed by atoms with Crippen LogP contribution in [-0.4, -0.2) is 19.4 Å². The normalized spacial score (nSPS) is 10.9. The van der Waals surface area contributed by atoms with E-state index in [9.17, 15) is 13.2 Å². The fraction of sp³-hybridized carbons (Fsp3) is 0. The van der Waals surface area contributed by atoms with Crippen molar-refractivity contribution in [2.24, 2.45) is 0 Å². The van der Waals surface area contributed by atoms with E-state index < -0.39 is 15.9 Å². The Morgan fingerprint density at radius 2 is 1.37 bits per heavy atom. The van der Waals surface area contributed by atoms with Gasteiger partial charge in [0.15, 0.2) is 5.11 Å². The molecule has 0 fully saturated rings. The Morgan fingerprint density at radius 3 is 1.97 bits per heavy atom. The first-order valence-electron chi connectivity index (χ1n) is 8.49. The van der Waals surface area contributed by atoms with Crippen molar-refractivity contribution in [3.8, 4) is 0 Å². The summed E-state index contributed by atoms with van der Waals surface area (Å²) in [6.45, 7) is 0. The van der Waals surface area contributed by atoms with Crippen molar-refractivity contribution in [1.82, 2.24) is 4.72 Å². The van der Waals surface area contributed by atoms with Crippen molar-refractivity contribution in [2.45, 2.75) is 4.90 Å². The molecule has 3 N–H and O–H groups in total. The average molecular weight is 480 g/mol. The van der Waals surface area contributed by atoms with Gasteiger partial charge in [0.2, 0.25) is 0 Å². The second-order valence-electron chi connectivity index (χ2n) is 6.06. The summed E-state index contributed by atoms with van der Waals surface area (Å²) in [6, 6.07) is 18.8. The Labute approximate surface area is 189 Å². The standard InChI is InChI=1S/C20H15Cl2N3O3S2/c21-14-10-15(22)12-17(11-14)24-20(29)23-16-6-8-18(9-7-16)30(27,28)25-19(26)13-4-2-1-3-5-13/h1-12H,(H,25,26)(H2,23,24,29). The fourth-order valence-corrected chi connectivity index (χ4v) is 4.20. The Balaban J connectivity index is 1.65. The molecule has 6 nitrogen and oxygen atoms in total. The van der Waals surface area contributed by atoms with Gasteiger partial charge in [-0.15, -0.1) is 0 Å². The summed E-state index contributed by atoms with van der Waals surface area (Å²) in [7, 11) is -4.02. The number of benzene rings is 3. The maximum Gasteiger partial charge on any atom is 0.264 e. The van der Waals surface area contributed by atoms with Crippen molar-refractivity contribution >= 4 is 67.8 Å². The van der Waals surface area contributed by atoms with E-state index in [0.717, 1.165) is 0 Å². The van der Waals surface area contributed by atoms with Crippen LogP contribution in [0.15, 0.2) is 77.7 Å². The quantitative estimate of drug-likeness (QED) is 0.450. The van der Waals surface area contributed by atoms with Gasteiger partial charge in [-0.05, 0) is 66.8 Å². The predicted molar refractivity (Wildman–Crippen MR) is 124 cm³/mol. The second-order valence-corrected chi connectivity index (χ2v) is 9.03. The fourth-order valence-electron chi connectivity index (χ4n) is 2.47. The molecule has 0 aliphatic rings. The number of thiocarbonyl (C=S) groups is 1. The van der Waals surface area contributed by atoms with Crippen LogP contribution in [0.5, 0.6) is 0 Å². The molecule has 1 amide bonds. The maximum atomic E-state index is 12.4. The highest BCUT2D eigenvalue weighted by Crippen LogP contribution is 2.23. The lowest BCUT2D eigenvalue weighted by Crippen LogP contribution is -2.30. The number of carbonyl (C=O) groups excluding carboxylic acids is 1. The van der Waals surface area contributed by atoms with Gasteiger partial charge < -0.3 is 10.6 Å². The SMILES string of the molecule is O=C(NS(=O)(=O)c1ccc(NC(=S)Nc2cc(Cl)cc(Cl)c2)cc1)c1ccccc1. The van der Waals surface area contributed by atoms with Gasteiger partial charge in [0.1, 0.15) is 0 Å². The second kappa shape index (κ2) is 9.44. The van der Waals surface area contributed by atoms with Gasteiger partial charge in [-0.25, -0.2) is 13.1 Å². The largest absolute Gasteiger partial charge is 0.332 e. The zero-order valence-corrected chi connectivity index (χ0v) is 18.4. The molecule has 3 aromatic rings. The van der Waals surface area contributed by atoms with E-state index in [0.29, 0.717) is 21.4 Å². The minimum absolute atomic E-state index is 0.0576. The van der Waals surface area contributed by atoms with Crippen LogP contribution >= 0.6 is 35.4 Å². The summed E-state index contributed by atoms with van der Waals surface area (Å²) in [5.74, 6) is -0.705. The zero-order valence-electron chi connectivity index (χ0n) is 15.2. The first kappa shape index (κ1) is 22.0.